The molecule has 3 rings (SSSR count). The maximum atomic E-state index is 12.2. The molecule has 0 aliphatic carbocycles. The minimum atomic E-state index is -0.327. The van der Waals surface area contributed by atoms with E-state index in [9.17, 15) is 4.79 Å². The van der Waals surface area contributed by atoms with E-state index in [0.29, 0.717) is 17.2 Å². The average molecular weight is 341 g/mol. The zero-order valence-corrected chi connectivity index (χ0v) is 14.3. The van der Waals surface area contributed by atoms with Crippen molar-refractivity contribution in [3.8, 4) is 11.5 Å². The molecule has 7 nitrogen and oxygen atoms in total. The summed E-state index contributed by atoms with van der Waals surface area (Å²) in [7, 11) is 3.42. The molecule has 0 unspecified atom stereocenters. The van der Waals surface area contributed by atoms with Gasteiger partial charge in [0, 0.05) is 7.05 Å². The Kier molecular flexibility index (Phi) is 4.74. The second-order valence-electron chi connectivity index (χ2n) is 5.45. The van der Waals surface area contributed by atoms with Crippen molar-refractivity contribution in [1.82, 2.24) is 9.78 Å². The number of carbonyl (C=O) groups is 1. The van der Waals surface area contributed by atoms with Crippen LogP contribution in [0.5, 0.6) is 11.5 Å². The van der Waals surface area contributed by atoms with Crippen LogP contribution in [-0.4, -0.2) is 22.8 Å². The smallest absolute Gasteiger partial charge is 0.291 e. The summed E-state index contributed by atoms with van der Waals surface area (Å²) in [5.41, 5.74) is 1.52. The Morgan fingerprint density at radius 1 is 1.20 bits per heavy atom. The van der Waals surface area contributed by atoms with Gasteiger partial charge in [0.2, 0.25) is 0 Å². The fraction of sp³-hybridized carbons (Fsp3) is 0.222. The SMILES string of the molecule is COc1ccc(OCc2ccc(C(=O)Nc3cnn(C)c3C)o2)cc1. The molecule has 2 heterocycles. The van der Waals surface area contributed by atoms with E-state index >= 15 is 0 Å². The van der Waals surface area contributed by atoms with E-state index in [-0.39, 0.29) is 18.3 Å². The fourth-order valence-corrected chi connectivity index (χ4v) is 2.21. The van der Waals surface area contributed by atoms with Gasteiger partial charge in [0.05, 0.1) is 24.7 Å². The Hall–Kier alpha value is -3.22. The molecule has 25 heavy (non-hydrogen) atoms. The van der Waals surface area contributed by atoms with Crippen LogP contribution in [0.25, 0.3) is 0 Å². The van der Waals surface area contributed by atoms with Crippen LogP contribution >= 0.6 is 0 Å². The van der Waals surface area contributed by atoms with Gasteiger partial charge in [-0.3, -0.25) is 9.48 Å². The van der Waals surface area contributed by atoms with E-state index in [1.807, 2.05) is 26.1 Å². The summed E-state index contributed by atoms with van der Waals surface area (Å²) in [5.74, 6) is 1.90. The fourth-order valence-electron chi connectivity index (χ4n) is 2.21. The highest BCUT2D eigenvalue weighted by atomic mass is 16.5. The zero-order chi connectivity index (χ0) is 17.8. The molecule has 0 fully saturated rings. The van der Waals surface area contributed by atoms with Gasteiger partial charge >= 0.3 is 0 Å². The van der Waals surface area contributed by atoms with Crippen LogP contribution in [0, 0.1) is 6.92 Å². The van der Waals surface area contributed by atoms with Crippen molar-refractivity contribution in [2.24, 2.45) is 7.05 Å². The van der Waals surface area contributed by atoms with Crippen LogP contribution in [0.1, 0.15) is 22.0 Å². The third-order valence-corrected chi connectivity index (χ3v) is 3.81. The summed E-state index contributed by atoms with van der Waals surface area (Å²) in [6, 6.07) is 10.6. The quantitative estimate of drug-likeness (QED) is 0.745. The first kappa shape index (κ1) is 16.6. The second kappa shape index (κ2) is 7.12. The van der Waals surface area contributed by atoms with E-state index in [1.165, 1.54) is 0 Å². The van der Waals surface area contributed by atoms with Crippen molar-refractivity contribution in [3.63, 3.8) is 0 Å². The van der Waals surface area contributed by atoms with Gasteiger partial charge in [-0.25, -0.2) is 0 Å². The molecule has 1 amide bonds. The Balaban J connectivity index is 1.59. The number of methoxy groups -OCH3 is 1. The number of hydrogen-bond donors (Lipinski definition) is 1. The van der Waals surface area contributed by atoms with Gasteiger partial charge in [0.25, 0.3) is 5.91 Å². The molecular formula is C18H19N3O4. The number of hydrogen-bond acceptors (Lipinski definition) is 5. The minimum Gasteiger partial charge on any atom is -0.497 e. The topological polar surface area (TPSA) is 78.5 Å². The normalized spacial score (nSPS) is 10.5. The highest BCUT2D eigenvalue weighted by Crippen LogP contribution is 2.19. The van der Waals surface area contributed by atoms with Gasteiger partial charge in [0.15, 0.2) is 5.76 Å². The van der Waals surface area contributed by atoms with Crippen molar-refractivity contribution in [1.29, 1.82) is 0 Å². The molecule has 1 N–H and O–H groups in total. The number of rotatable bonds is 6. The largest absolute Gasteiger partial charge is 0.497 e. The number of benzene rings is 1. The van der Waals surface area contributed by atoms with Crippen LogP contribution < -0.4 is 14.8 Å². The highest BCUT2D eigenvalue weighted by Gasteiger charge is 2.14. The molecule has 1 aromatic carbocycles. The molecular weight excluding hydrogens is 322 g/mol. The van der Waals surface area contributed by atoms with Gasteiger partial charge in [-0.05, 0) is 43.3 Å². The number of carbonyl (C=O) groups excluding carboxylic acids is 1. The van der Waals surface area contributed by atoms with Crippen molar-refractivity contribution < 1.29 is 18.7 Å². The summed E-state index contributed by atoms with van der Waals surface area (Å²) < 4.78 is 18.0. The molecule has 130 valence electrons. The summed E-state index contributed by atoms with van der Waals surface area (Å²) in [6.45, 7) is 2.10. The number of nitrogens with one attached hydrogen (secondary N) is 1. The number of furan rings is 1. The van der Waals surface area contributed by atoms with E-state index in [2.05, 4.69) is 10.4 Å². The van der Waals surface area contributed by atoms with E-state index in [4.69, 9.17) is 13.9 Å². The first-order valence-electron chi connectivity index (χ1n) is 7.72. The minimum absolute atomic E-state index is 0.219. The molecule has 0 radical (unpaired) electrons. The average Bonchev–Trinajstić information content (AvgIpc) is 3.23. The third kappa shape index (κ3) is 3.82. The lowest BCUT2D eigenvalue weighted by atomic mass is 10.3. The van der Waals surface area contributed by atoms with Crippen LogP contribution in [0.3, 0.4) is 0 Å². The number of nitrogens with zero attached hydrogens (tertiary/aromatic N) is 2. The molecule has 0 spiro atoms. The summed E-state index contributed by atoms with van der Waals surface area (Å²) in [6.07, 6.45) is 1.60. The van der Waals surface area contributed by atoms with Crippen molar-refractivity contribution >= 4 is 11.6 Å². The Morgan fingerprint density at radius 3 is 2.56 bits per heavy atom. The lowest BCUT2D eigenvalue weighted by Crippen LogP contribution is -2.11. The molecule has 2 aromatic heterocycles. The maximum Gasteiger partial charge on any atom is 0.291 e. The first-order chi connectivity index (χ1) is 12.1. The summed E-state index contributed by atoms with van der Waals surface area (Å²) in [5, 5.41) is 6.86. The van der Waals surface area contributed by atoms with Gasteiger partial charge in [0.1, 0.15) is 23.9 Å². The summed E-state index contributed by atoms with van der Waals surface area (Å²) in [4.78, 5) is 12.2. The monoisotopic (exact) mass is 341 g/mol. The second-order valence-corrected chi connectivity index (χ2v) is 5.45. The van der Waals surface area contributed by atoms with Crippen molar-refractivity contribution in [2.45, 2.75) is 13.5 Å². The van der Waals surface area contributed by atoms with Crippen LogP contribution in [0.15, 0.2) is 47.0 Å². The van der Waals surface area contributed by atoms with Gasteiger partial charge in [-0.2, -0.15) is 5.10 Å². The van der Waals surface area contributed by atoms with Crippen molar-refractivity contribution in [2.75, 3.05) is 12.4 Å². The van der Waals surface area contributed by atoms with Gasteiger partial charge in [-0.1, -0.05) is 0 Å². The van der Waals surface area contributed by atoms with E-state index in [0.717, 1.165) is 11.4 Å². The zero-order valence-electron chi connectivity index (χ0n) is 14.3. The molecule has 0 bridgehead atoms. The summed E-state index contributed by atoms with van der Waals surface area (Å²) >= 11 is 0. The number of aryl methyl sites for hydroxylation is 1. The van der Waals surface area contributed by atoms with Gasteiger partial charge in [-0.15, -0.1) is 0 Å². The Labute approximate surface area is 145 Å². The number of amides is 1. The highest BCUT2D eigenvalue weighted by molar-refractivity contribution is 6.02. The van der Waals surface area contributed by atoms with Crippen LogP contribution in [0.2, 0.25) is 0 Å². The van der Waals surface area contributed by atoms with E-state index in [1.54, 1.807) is 42.3 Å². The van der Waals surface area contributed by atoms with Crippen LogP contribution in [0.4, 0.5) is 5.69 Å². The predicted molar refractivity (Wildman–Crippen MR) is 91.9 cm³/mol. The standard InChI is InChI=1S/C18H19N3O4/c1-12-16(10-19-21(12)2)20-18(22)17-9-8-15(25-17)11-24-14-6-4-13(23-3)5-7-14/h4-10H,11H2,1-3H3,(H,20,22). The van der Waals surface area contributed by atoms with E-state index < -0.39 is 0 Å². The molecule has 3 aromatic rings. The number of aromatic nitrogens is 2. The predicted octanol–water partition coefficient (Wildman–Crippen LogP) is 3.16. The maximum absolute atomic E-state index is 12.2. The number of ether oxygens (including phenoxy) is 2. The van der Waals surface area contributed by atoms with Gasteiger partial charge < -0.3 is 19.2 Å². The molecule has 0 aliphatic rings. The molecule has 0 aliphatic heterocycles. The molecule has 0 saturated heterocycles. The third-order valence-electron chi connectivity index (χ3n) is 3.81. The van der Waals surface area contributed by atoms with Crippen LogP contribution in [-0.2, 0) is 13.7 Å². The Morgan fingerprint density at radius 2 is 1.92 bits per heavy atom. The lowest BCUT2D eigenvalue weighted by Gasteiger charge is -2.05. The van der Waals surface area contributed by atoms with Crippen molar-refractivity contribution in [3.05, 3.63) is 59.8 Å². The molecule has 0 atom stereocenters. The number of anilines is 1. The Bertz CT molecular complexity index is 865. The first-order valence-corrected chi connectivity index (χ1v) is 7.72. The lowest BCUT2D eigenvalue weighted by molar-refractivity contribution is 0.0992. The molecule has 7 heteroatoms. The molecule has 0 saturated carbocycles.